The summed E-state index contributed by atoms with van der Waals surface area (Å²) in [6, 6.07) is 0. The van der Waals surface area contributed by atoms with E-state index in [1.165, 1.54) is 0 Å². The second-order valence-corrected chi connectivity index (χ2v) is 3.97. The van der Waals surface area contributed by atoms with Crippen molar-refractivity contribution in [1.82, 2.24) is 0 Å². The van der Waals surface area contributed by atoms with Gasteiger partial charge in [-0.15, -0.1) is 11.2 Å². The molecule has 0 saturated carbocycles. The zero-order valence-electron chi connectivity index (χ0n) is 7.38. The van der Waals surface area contributed by atoms with Crippen LogP contribution in [0.25, 0.3) is 0 Å². The van der Waals surface area contributed by atoms with Crippen molar-refractivity contribution in [3.63, 3.8) is 0 Å². The second-order valence-electron chi connectivity index (χ2n) is 3.38. The van der Waals surface area contributed by atoms with Crippen LogP contribution in [-0.2, 0) is 0 Å². The Hall–Kier alpha value is 0.999. The van der Waals surface area contributed by atoms with E-state index in [0.29, 0.717) is 11.2 Å². The average molecular weight is 167 g/mol. The number of hydrogen-bond acceptors (Lipinski definition) is 1. The van der Waals surface area contributed by atoms with Gasteiger partial charge in [0.25, 0.3) is 0 Å². The topological polar surface area (TPSA) is 0 Å². The van der Waals surface area contributed by atoms with E-state index < -0.39 is 0 Å². The monoisotopic (exact) mass is 169 g/mol. The maximum atomic E-state index is 4.45. The lowest BCUT2D eigenvalue weighted by Gasteiger charge is -2.21. The van der Waals surface area contributed by atoms with Gasteiger partial charge in [0.1, 0.15) is 5.77 Å². The van der Waals surface area contributed by atoms with Crippen LogP contribution in [0.3, 0.4) is 0 Å². The summed E-state index contributed by atoms with van der Waals surface area (Å²) in [4.78, 5) is 0. The zero-order chi connectivity index (χ0) is 9.10. The van der Waals surface area contributed by atoms with Crippen molar-refractivity contribution in [2.24, 2.45) is 0 Å². The van der Waals surface area contributed by atoms with Crippen molar-refractivity contribution >= 4 is 82.5 Å². The SMILES string of the molecule is SB1[B][B][C@H]2[B][B][B][B][B][C@@H]([B]1)[B]2. The molecule has 2 fully saturated rings. The Morgan fingerprint density at radius 2 is 1.69 bits per heavy atom. The van der Waals surface area contributed by atoms with Crippen LogP contribution in [-0.4, -0.2) is 70.0 Å². The van der Waals surface area contributed by atoms with Gasteiger partial charge in [-0.1, -0.05) is 0 Å². The molecule has 2 rings (SSSR count). The molecule has 2 aliphatic rings. The van der Waals surface area contributed by atoms with Gasteiger partial charge in [-0.3, -0.25) is 0 Å². The number of rotatable bonds is 0. The van der Waals surface area contributed by atoms with Gasteiger partial charge >= 0.3 is 0 Å². The van der Waals surface area contributed by atoms with Gasteiger partial charge < -0.3 is 0 Å². The van der Waals surface area contributed by atoms with Crippen LogP contribution < -0.4 is 0 Å². The summed E-state index contributed by atoms with van der Waals surface area (Å²) < 4.78 is 0. The Balaban J connectivity index is 1.96. The van der Waals surface area contributed by atoms with E-state index in [9.17, 15) is 0 Å². The van der Waals surface area contributed by atoms with Crippen LogP contribution in [0.15, 0.2) is 0 Å². The minimum absolute atomic E-state index is 0.280. The Morgan fingerprint density at radius 3 is 2.54 bits per heavy atom. The molecular formula is C2H3B10S. The highest BCUT2D eigenvalue weighted by Gasteiger charge is 2.28. The van der Waals surface area contributed by atoms with Crippen LogP contribution in [0.4, 0.5) is 0 Å². The quantitative estimate of drug-likeness (QED) is 0.293. The van der Waals surface area contributed by atoms with Crippen LogP contribution in [0.5, 0.6) is 0 Å². The summed E-state index contributed by atoms with van der Waals surface area (Å²) in [6.07, 6.45) is 0. The molecule has 0 nitrogen and oxygen atoms in total. The molecule has 2 heterocycles. The average Bonchev–Trinajstić information content (AvgIpc) is 2.24. The molecule has 0 aromatic carbocycles. The largest absolute Gasteiger partial charge is 0.248 e. The van der Waals surface area contributed by atoms with Crippen molar-refractivity contribution in [1.29, 1.82) is 0 Å². The smallest absolute Gasteiger partial charge is 0.117 e. The Labute approximate surface area is 93.7 Å². The van der Waals surface area contributed by atoms with E-state index in [1.807, 2.05) is 0 Å². The van der Waals surface area contributed by atoms with Crippen LogP contribution in [0.1, 0.15) is 0 Å². The van der Waals surface area contributed by atoms with Crippen molar-refractivity contribution in [2.75, 3.05) is 0 Å². The summed E-state index contributed by atoms with van der Waals surface area (Å²) in [5, 5.41) is 0. The summed E-state index contributed by atoms with van der Waals surface area (Å²) in [5.74, 6) is 0.280. The Bertz CT molecular complexity index is 163. The molecular weight excluding hydrogens is 164 g/mol. The lowest BCUT2D eigenvalue weighted by Crippen LogP contribution is -2.38. The van der Waals surface area contributed by atoms with Crippen LogP contribution in [0, 0.1) is 0 Å². The summed E-state index contributed by atoms with van der Waals surface area (Å²) in [7, 11) is 19.6. The number of fused-ring (bicyclic) bond motifs is 2. The molecule has 0 amide bonds. The van der Waals surface area contributed by atoms with Gasteiger partial charge in [0.2, 0.25) is 0 Å². The minimum Gasteiger partial charge on any atom is -0.248 e. The molecule has 0 unspecified atom stereocenters. The molecule has 0 aromatic rings. The van der Waals surface area contributed by atoms with E-state index in [1.54, 1.807) is 0 Å². The van der Waals surface area contributed by atoms with E-state index >= 15 is 0 Å². The molecule has 2 saturated heterocycles. The predicted molar refractivity (Wildman–Crippen MR) is 74.0 cm³/mol. The third-order valence-electron chi connectivity index (χ3n) is 2.28. The number of hydrogen-bond donors (Lipinski definition) is 1. The van der Waals surface area contributed by atoms with E-state index in [-0.39, 0.29) is 5.77 Å². The molecule has 0 N–H and O–H groups in total. The Morgan fingerprint density at radius 1 is 0.923 bits per heavy atom. The van der Waals surface area contributed by atoms with Crippen molar-refractivity contribution < 1.29 is 0 Å². The summed E-state index contributed by atoms with van der Waals surface area (Å²) >= 11 is 4.45. The second kappa shape index (κ2) is 5.19. The van der Waals surface area contributed by atoms with Crippen LogP contribution in [0.2, 0.25) is 11.2 Å². The fraction of sp³-hybridized carbons (Fsp3) is 1.00. The fourth-order valence-corrected chi connectivity index (χ4v) is 1.92. The molecule has 13 heavy (non-hydrogen) atoms. The van der Waals surface area contributed by atoms with Gasteiger partial charge in [0, 0.05) is 49.8 Å². The summed E-state index contributed by atoms with van der Waals surface area (Å²) in [6.45, 7) is 0. The zero-order valence-corrected chi connectivity index (χ0v) is 8.27. The molecule has 0 spiro atoms. The molecule has 2 atom stereocenters. The summed E-state index contributed by atoms with van der Waals surface area (Å²) in [5.41, 5.74) is 0.906. The van der Waals surface area contributed by atoms with Gasteiger partial charge in [-0.25, -0.2) is 12.5 Å². The van der Waals surface area contributed by atoms with Crippen molar-refractivity contribution in [2.45, 2.75) is 11.2 Å². The van der Waals surface area contributed by atoms with Gasteiger partial charge in [-0.2, -0.15) is 0 Å². The first-order valence-corrected chi connectivity index (χ1v) is 5.11. The maximum Gasteiger partial charge on any atom is 0.117 e. The first-order chi connectivity index (χ1) is 6.34. The third-order valence-corrected chi connectivity index (χ3v) is 2.63. The molecule has 9 radical (unpaired) electrons. The fourth-order valence-electron chi connectivity index (χ4n) is 1.62. The lowest BCUT2D eigenvalue weighted by molar-refractivity contribution is 1.68. The molecule has 0 aliphatic carbocycles. The predicted octanol–water partition coefficient (Wildman–Crippen LogP) is -2.75. The molecule has 11 heteroatoms. The molecule has 0 aromatic heterocycles. The van der Waals surface area contributed by atoms with E-state index in [4.69, 9.17) is 0 Å². The highest BCUT2D eigenvalue weighted by molar-refractivity contribution is 8.24. The molecule has 47 valence electrons. The number of thiol groups is 1. The first kappa shape index (κ1) is 10.5. The third kappa shape index (κ3) is 3.25. The first-order valence-electron chi connectivity index (χ1n) is 4.59. The van der Waals surface area contributed by atoms with E-state index in [2.05, 4.69) is 76.7 Å². The van der Waals surface area contributed by atoms with Crippen molar-refractivity contribution in [3.05, 3.63) is 0 Å². The Kier molecular flexibility index (Phi) is 4.19. The maximum absolute atomic E-state index is 4.45. The minimum atomic E-state index is 0.280. The van der Waals surface area contributed by atoms with Gasteiger partial charge in [-0.05, 0) is 0 Å². The van der Waals surface area contributed by atoms with Gasteiger partial charge in [0.15, 0.2) is 0 Å². The highest BCUT2D eigenvalue weighted by atomic mass is 32.1. The van der Waals surface area contributed by atoms with Gasteiger partial charge in [0.05, 0.1) is 14.4 Å². The molecule has 2 bridgehead atoms. The van der Waals surface area contributed by atoms with Crippen molar-refractivity contribution in [3.8, 4) is 0 Å². The van der Waals surface area contributed by atoms with Crippen LogP contribution >= 0.6 is 12.5 Å². The molecule has 2 aliphatic heterocycles. The van der Waals surface area contributed by atoms with E-state index in [0.717, 1.165) is 0 Å². The normalized spacial score (nSPS) is 30.7. The standard InChI is InChI=1S/C2H3B10S/c13-12-7-2-3-1(6-11-12)4-8-10-9-5-2/h1-2,13H/t1-,2+/m1/s1. The lowest BCUT2D eigenvalue weighted by atomic mass is 8.91. The highest BCUT2D eigenvalue weighted by Crippen LogP contribution is 2.14.